The van der Waals surface area contributed by atoms with Gasteiger partial charge in [-0.05, 0) is 19.6 Å². The third kappa shape index (κ3) is 6.14. The average molecular weight is 257 g/mol. The zero-order valence-corrected chi connectivity index (χ0v) is 12.5. The topological polar surface area (TPSA) is 19.0 Å². The van der Waals surface area contributed by atoms with Crippen LogP contribution in [-0.4, -0.2) is 86.8 Å². The van der Waals surface area contributed by atoms with Crippen molar-refractivity contribution < 1.29 is 4.74 Å². The standard InChI is InChI=1S/C14H31N3O/c1-4-15-7-9-16(5-2)11-13-18-14-12-17(6-3)10-8-15/h4-14H2,1-3H3. The van der Waals surface area contributed by atoms with Crippen LogP contribution in [0.2, 0.25) is 0 Å². The molecule has 0 amide bonds. The first-order chi connectivity index (χ1) is 8.80. The van der Waals surface area contributed by atoms with Gasteiger partial charge in [0, 0.05) is 39.3 Å². The largest absolute Gasteiger partial charge is 0.379 e. The lowest BCUT2D eigenvalue weighted by atomic mass is 10.3. The van der Waals surface area contributed by atoms with Crippen LogP contribution in [0.3, 0.4) is 0 Å². The summed E-state index contributed by atoms with van der Waals surface area (Å²) in [6.45, 7) is 18.7. The molecule has 1 aliphatic rings. The summed E-state index contributed by atoms with van der Waals surface area (Å²) in [5.41, 5.74) is 0. The second-order valence-corrected chi connectivity index (χ2v) is 4.92. The van der Waals surface area contributed by atoms with Gasteiger partial charge in [0.25, 0.3) is 0 Å². The first-order valence-electron chi connectivity index (χ1n) is 7.54. The van der Waals surface area contributed by atoms with E-state index >= 15 is 0 Å². The average Bonchev–Trinajstić information content (AvgIpc) is 2.40. The lowest BCUT2D eigenvalue weighted by Crippen LogP contribution is -2.42. The van der Waals surface area contributed by atoms with Gasteiger partial charge in [-0.15, -0.1) is 0 Å². The van der Waals surface area contributed by atoms with E-state index in [0.717, 1.165) is 45.9 Å². The highest BCUT2D eigenvalue weighted by molar-refractivity contribution is 4.65. The van der Waals surface area contributed by atoms with E-state index in [4.69, 9.17) is 4.74 Å². The van der Waals surface area contributed by atoms with Crippen LogP contribution in [-0.2, 0) is 4.74 Å². The molecule has 4 nitrogen and oxygen atoms in total. The van der Waals surface area contributed by atoms with Crippen molar-refractivity contribution in [1.82, 2.24) is 14.7 Å². The molecule has 1 heterocycles. The Balaban J connectivity index is 2.45. The zero-order chi connectivity index (χ0) is 13.2. The Bertz CT molecular complexity index is 183. The normalized spacial score (nSPS) is 23.5. The fourth-order valence-corrected chi connectivity index (χ4v) is 2.34. The highest BCUT2D eigenvalue weighted by Crippen LogP contribution is 1.97. The van der Waals surface area contributed by atoms with E-state index in [2.05, 4.69) is 35.5 Å². The minimum atomic E-state index is 0.873. The van der Waals surface area contributed by atoms with Crippen LogP contribution < -0.4 is 0 Å². The maximum absolute atomic E-state index is 5.73. The van der Waals surface area contributed by atoms with Crippen molar-refractivity contribution >= 4 is 0 Å². The number of hydrogen-bond donors (Lipinski definition) is 0. The van der Waals surface area contributed by atoms with Gasteiger partial charge < -0.3 is 19.4 Å². The monoisotopic (exact) mass is 257 g/mol. The molecular weight excluding hydrogens is 226 g/mol. The molecule has 0 saturated carbocycles. The van der Waals surface area contributed by atoms with E-state index in [0.29, 0.717) is 0 Å². The highest BCUT2D eigenvalue weighted by atomic mass is 16.5. The van der Waals surface area contributed by atoms with Gasteiger partial charge in [-0.25, -0.2) is 0 Å². The first-order valence-corrected chi connectivity index (χ1v) is 7.54. The van der Waals surface area contributed by atoms with E-state index in [9.17, 15) is 0 Å². The quantitative estimate of drug-likeness (QED) is 0.750. The van der Waals surface area contributed by atoms with Crippen LogP contribution in [0.5, 0.6) is 0 Å². The number of ether oxygens (including phenoxy) is 1. The van der Waals surface area contributed by atoms with Gasteiger partial charge in [-0.3, -0.25) is 0 Å². The molecule has 0 atom stereocenters. The van der Waals surface area contributed by atoms with Crippen LogP contribution in [0.15, 0.2) is 0 Å². The van der Waals surface area contributed by atoms with E-state index in [-0.39, 0.29) is 0 Å². The third-order valence-electron chi connectivity index (χ3n) is 3.91. The molecule has 0 unspecified atom stereocenters. The summed E-state index contributed by atoms with van der Waals surface area (Å²) in [7, 11) is 0. The Labute approximate surface area is 113 Å². The summed E-state index contributed by atoms with van der Waals surface area (Å²) in [6, 6.07) is 0. The number of hydrogen-bond acceptors (Lipinski definition) is 4. The van der Waals surface area contributed by atoms with Gasteiger partial charge >= 0.3 is 0 Å². The summed E-state index contributed by atoms with van der Waals surface area (Å²) < 4.78 is 5.73. The van der Waals surface area contributed by atoms with Crippen molar-refractivity contribution in [3.8, 4) is 0 Å². The number of likely N-dealkylation sites (N-methyl/N-ethyl adjacent to an activating group) is 3. The second kappa shape index (κ2) is 9.73. The molecule has 0 aromatic carbocycles. The third-order valence-corrected chi connectivity index (χ3v) is 3.91. The highest BCUT2D eigenvalue weighted by Gasteiger charge is 2.10. The van der Waals surface area contributed by atoms with Gasteiger partial charge in [-0.1, -0.05) is 20.8 Å². The summed E-state index contributed by atoms with van der Waals surface area (Å²) in [5, 5.41) is 0. The molecule has 4 heteroatoms. The van der Waals surface area contributed by atoms with Crippen molar-refractivity contribution in [2.24, 2.45) is 0 Å². The predicted molar refractivity (Wildman–Crippen MR) is 77.2 cm³/mol. The van der Waals surface area contributed by atoms with Crippen molar-refractivity contribution in [2.75, 3.05) is 72.1 Å². The lowest BCUT2D eigenvalue weighted by Gasteiger charge is -2.29. The Morgan fingerprint density at radius 1 is 0.611 bits per heavy atom. The van der Waals surface area contributed by atoms with Gasteiger partial charge in [-0.2, -0.15) is 0 Å². The number of rotatable bonds is 3. The van der Waals surface area contributed by atoms with E-state index in [1.807, 2.05) is 0 Å². The van der Waals surface area contributed by atoms with E-state index < -0.39 is 0 Å². The van der Waals surface area contributed by atoms with Gasteiger partial charge in [0.2, 0.25) is 0 Å². The molecule has 1 rings (SSSR count). The molecule has 1 aliphatic heterocycles. The Kier molecular flexibility index (Phi) is 8.59. The molecule has 0 bridgehead atoms. The van der Waals surface area contributed by atoms with Crippen LogP contribution in [0.1, 0.15) is 20.8 Å². The fraction of sp³-hybridized carbons (Fsp3) is 1.00. The molecule has 0 spiro atoms. The zero-order valence-electron chi connectivity index (χ0n) is 12.5. The van der Waals surface area contributed by atoms with Crippen LogP contribution in [0.25, 0.3) is 0 Å². The minimum Gasteiger partial charge on any atom is -0.379 e. The minimum absolute atomic E-state index is 0.873. The van der Waals surface area contributed by atoms with Crippen molar-refractivity contribution in [3.63, 3.8) is 0 Å². The first kappa shape index (κ1) is 15.9. The molecule has 1 fully saturated rings. The molecular formula is C14H31N3O. The second-order valence-electron chi connectivity index (χ2n) is 4.92. The van der Waals surface area contributed by atoms with Crippen molar-refractivity contribution in [3.05, 3.63) is 0 Å². The smallest absolute Gasteiger partial charge is 0.0594 e. The van der Waals surface area contributed by atoms with Gasteiger partial charge in [0.1, 0.15) is 0 Å². The van der Waals surface area contributed by atoms with Crippen LogP contribution in [0.4, 0.5) is 0 Å². The van der Waals surface area contributed by atoms with E-state index in [1.165, 1.54) is 26.2 Å². The SMILES string of the molecule is CCN1CCOCCN(CC)CCN(CC)CC1. The maximum Gasteiger partial charge on any atom is 0.0594 e. The summed E-state index contributed by atoms with van der Waals surface area (Å²) in [4.78, 5) is 7.54. The molecule has 18 heavy (non-hydrogen) atoms. The van der Waals surface area contributed by atoms with Crippen molar-refractivity contribution in [2.45, 2.75) is 20.8 Å². The summed E-state index contributed by atoms with van der Waals surface area (Å²) in [5.74, 6) is 0. The Hall–Kier alpha value is -0.160. The van der Waals surface area contributed by atoms with Gasteiger partial charge in [0.15, 0.2) is 0 Å². The van der Waals surface area contributed by atoms with Crippen molar-refractivity contribution in [1.29, 1.82) is 0 Å². The molecule has 0 aromatic heterocycles. The number of nitrogens with zero attached hydrogens (tertiary/aromatic N) is 3. The molecule has 0 N–H and O–H groups in total. The Morgan fingerprint density at radius 3 is 1.28 bits per heavy atom. The lowest BCUT2D eigenvalue weighted by molar-refractivity contribution is 0.0713. The maximum atomic E-state index is 5.73. The predicted octanol–water partition coefficient (Wildman–Crippen LogP) is 0.982. The summed E-state index contributed by atoms with van der Waals surface area (Å²) >= 11 is 0. The summed E-state index contributed by atoms with van der Waals surface area (Å²) in [6.07, 6.45) is 0. The fourth-order valence-electron chi connectivity index (χ4n) is 2.34. The molecule has 1 saturated heterocycles. The Morgan fingerprint density at radius 2 is 0.944 bits per heavy atom. The molecule has 0 radical (unpaired) electrons. The molecule has 108 valence electrons. The molecule has 0 aromatic rings. The van der Waals surface area contributed by atoms with Gasteiger partial charge in [0.05, 0.1) is 13.2 Å². The van der Waals surface area contributed by atoms with E-state index in [1.54, 1.807) is 0 Å². The van der Waals surface area contributed by atoms with Crippen LogP contribution >= 0.6 is 0 Å². The molecule has 0 aliphatic carbocycles. The van der Waals surface area contributed by atoms with Crippen LogP contribution in [0, 0.1) is 0 Å².